The van der Waals surface area contributed by atoms with E-state index in [0.717, 1.165) is 17.1 Å². The van der Waals surface area contributed by atoms with E-state index in [-0.39, 0.29) is 11.4 Å². The van der Waals surface area contributed by atoms with E-state index in [2.05, 4.69) is 10.1 Å². The lowest BCUT2D eigenvalue weighted by molar-refractivity contribution is -0.385. The molecule has 3 N–H and O–H groups in total. The molecule has 0 aromatic carbocycles. The van der Waals surface area contributed by atoms with Crippen LogP contribution in [0.25, 0.3) is 5.82 Å². The molecule has 2 aromatic heterocycles. The molecule has 0 spiro atoms. The minimum atomic E-state index is -1.52. The number of carbonyl (C=O) groups is 2. The third kappa shape index (κ3) is 2.29. The van der Waals surface area contributed by atoms with Crippen LogP contribution in [0, 0.1) is 10.1 Å². The number of nitrogens with two attached hydrogens (primary N) is 1. The minimum Gasteiger partial charge on any atom is -0.476 e. The van der Waals surface area contributed by atoms with Crippen LogP contribution in [0.1, 0.15) is 20.8 Å². The van der Waals surface area contributed by atoms with Gasteiger partial charge in [0.15, 0.2) is 5.82 Å². The van der Waals surface area contributed by atoms with Crippen LogP contribution in [0.2, 0.25) is 0 Å². The van der Waals surface area contributed by atoms with E-state index in [0.29, 0.717) is 0 Å². The smallest absolute Gasteiger partial charge is 0.363 e. The van der Waals surface area contributed by atoms with Crippen molar-refractivity contribution in [1.29, 1.82) is 0 Å². The van der Waals surface area contributed by atoms with Crippen molar-refractivity contribution >= 4 is 17.6 Å². The number of aromatic carboxylic acids is 1. The second kappa shape index (κ2) is 4.76. The fourth-order valence-corrected chi connectivity index (χ4v) is 1.44. The summed E-state index contributed by atoms with van der Waals surface area (Å²) in [5.74, 6) is -2.09. The minimum absolute atomic E-state index is 0.116. The molecular weight excluding hydrogens is 270 g/mol. The summed E-state index contributed by atoms with van der Waals surface area (Å²) in [5, 5.41) is 23.1. The van der Waals surface area contributed by atoms with E-state index >= 15 is 0 Å². The number of primary amides is 1. The molecule has 0 saturated heterocycles. The Morgan fingerprint density at radius 3 is 2.50 bits per heavy atom. The number of nitrogens with zero attached hydrogens (tertiary/aromatic N) is 4. The summed E-state index contributed by atoms with van der Waals surface area (Å²) in [6.45, 7) is 0. The molecular formula is C10H7N5O5. The lowest BCUT2D eigenvalue weighted by Gasteiger charge is -1.99. The predicted octanol–water partition coefficient (Wildman–Crippen LogP) is -0.0274. The van der Waals surface area contributed by atoms with Gasteiger partial charge in [-0.1, -0.05) is 0 Å². The van der Waals surface area contributed by atoms with Crippen LogP contribution in [0.15, 0.2) is 24.5 Å². The lowest BCUT2D eigenvalue weighted by atomic mass is 10.3. The number of pyridine rings is 1. The molecule has 0 aliphatic carbocycles. The highest BCUT2D eigenvalue weighted by atomic mass is 16.6. The van der Waals surface area contributed by atoms with Gasteiger partial charge in [0.2, 0.25) is 11.6 Å². The summed E-state index contributed by atoms with van der Waals surface area (Å²) in [6, 6.07) is 2.68. The molecule has 0 bridgehead atoms. The zero-order chi connectivity index (χ0) is 14.9. The first kappa shape index (κ1) is 13.1. The molecule has 2 heterocycles. The zero-order valence-electron chi connectivity index (χ0n) is 9.76. The molecule has 1 amide bonds. The number of hydrogen-bond donors (Lipinski definition) is 2. The van der Waals surface area contributed by atoms with Crippen molar-refractivity contribution in [2.24, 2.45) is 5.73 Å². The number of carboxylic acid groups (broad SMARTS) is 1. The summed E-state index contributed by atoms with van der Waals surface area (Å²) >= 11 is 0. The highest BCUT2D eigenvalue weighted by Crippen LogP contribution is 2.18. The number of nitro groups is 1. The van der Waals surface area contributed by atoms with Gasteiger partial charge in [-0.3, -0.25) is 14.9 Å². The Kier molecular flexibility index (Phi) is 3.13. The molecule has 102 valence electrons. The summed E-state index contributed by atoms with van der Waals surface area (Å²) in [5.41, 5.74) is 3.84. The second-order valence-corrected chi connectivity index (χ2v) is 3.64. The predicted molar refractivity (Wildman–Crippen MR) is 63.5 cm³/mol. The maximum Gasteiger partial charge on any atom is 0.363 e. The monoisotopic (exact) mass is 277 g/mol. The van der Waals surface area contributed by atoms with Gasteiger partial charge < -0.3 is 10.8 Å². The van der Waals surface area contributed by atoms with Crippen LogP contribution in [-0.2, 0) is 0 Å². The van der Waals surface area contributed by atoms with Gasteiger partial charge in [-0.05, 0) is 12.1 Å². The molecule has 20 heavy (non-hydrogen) atoms. The van der Waals surface area contributed by atoms with Crippen LogP contribution in [0.4, 0.5) is 5.69 Å². The van der Waals surface area contributed by atoms with Crippen molar-refractivity contribution in [2.45, 2.75) is 0 Å². The Balaban J connectivity index is 2.47. The first-order valence-corrected chi connectivity index (χ1v) is 5.13. The highest BCUT2D eigenvalue weighted by Gasteiger charge is 2.25. The number of carboxylic acids is 1. The van der Waals surface area contributed by atoms with Crippen molar-refractivity contribution in [3.63, 3.8) is 0 Å². The first-order chi connectivity index (χ1) is 9.40. The topological polar surface area (TPSA) is 154 Å². The normalized spacial score (nSPS) is 10.2. The van der Waals surface area contributed by atoms with Crippen LogP contribution in [-0.4, -0.2) is 36.7 Å². The molecule has 0 saturated carbocycles. The Bertz CT molecular complexity index is 674. The average molecular weight is 277 g/mol. The van der Waals surface area contributed by atoms with Crippen molar-refractivity contribution in [2.75, 3.05) is 0 Å². The molecule has 0 radical (unpaired) electrons. The van der Waals surface area contributed by atoms with E-state index < -0.39 is 28.2 Å². The van der Waals surface area contributed by atoms with E-state index in [9.17, 15) is 19.7 Å². The maximum absolute atomic E-state index is 10.9. The summed E-state index contributed by atoms with van der Waals surface area (Å²) in [7, 11) is 0. The van der Waals surface area contributed by atoms with E-state index in [1.165, 1.54) is 12.1 Å². The van der Waals surface area contributed by atoms with E-state index in [1.807, 2.05) is 0 Å². The van der Waals surface area contributed by atoms with Gasteiger partial charge in [-0.15, -0.1) is 0 Å². The van der Waals surface area contributed by atoms with Crippen LogP contribution < -0.4 is 5.73 Å². The molecule has 10 nitrogen and oxygen atoms in total. The van der Waals surface area contributed by atoms with Gasteiger partial charge in [-0.25, -0.2) is 14.5 Å². The number of hydrogen-bond acceptors (Lipinski definition) is 6. The molecule has 2 rings (SSSR count). The molecule has 0 aliphatic rings. The fourth-order valence-electron chi connectivity index (χ4n) is 1.44. The van der Waals surface area contributed by atoms with Gasteiger partial charge in [-0.2, -0.15) is 5.10 Å². The molecule has 0 fully saturated rings. The van der Waals surface area contributed by atoms with Crippen LogP contribution in [0.5, 0.6) is 0 Å². The Morgan fingerprint density at radius 2 is 2.10 bits per heavy atom. The van der Waals surface area contributed by atoms with Gasteiger partial charge in [0.1, 0.15) is 6.20 Å². The van der Waals surface area contributed by atoms with Gasteiger partial charge in [0.25, 0.3) is 0 Å². The van der Waals surface area contributed by atoms with E-state index in [4.69, 9.17) is 10.8 Å². The van der Waals surface area contributed by atoms with Gasteiger partial charge in [0, 0.05) is 6.20 Å². The quantitative estimate of drug-likeness (QED) is 0.587. The number of carbonyl (C=O) groups excluding carboxylic acids is 1. The van der Waals surface area contributed by atoms with Crippen molar-refractivity contribution in [3.05, 3.63) is 45.9 Å². The zero-order valence-corrected chi connectivity index (χ0v) is 9.76. The molecule has 0 unspecified atom stereocenters. The maximum atomic E-state index is 10.9. The average Bonchev–Trinajstić information content (AvgIpc) is 2.84. The standard InChI is InChI=1S/C10H7N5O5/c11-9(16)5-1-2-7(12-3-5)14-4-6(15(19)20)8(13-14)10(17)18/h1-4H,(H2,11,16)(H,17,18). The number of aromatic nitrogens is 3. The lowest BCUT2D eigenvalue weighted by Crippen LogP contribution is -2.11. The fraction of sp³-hybridized carbons (Fsp3) is 0. The number of amides is 1. The van der Waals surface area contributed by atoms with Crippen molar-refractivity contribution in [1.82, 2.24) is 14.8 Å². The summed E-state index contributed by atoms with van der Waals surface area (Å²) in [6.07, 6.45) is 2.08. The van der Waals surface area contributed by atoms with Crippen LogP contribution in [0.3, 0.4) is 0 Å². The molecule has 10 heteroatoms. The largest absolute Gasteiger partial charge is 0.476 e. The van der Waals surface area contributed by atoms with Gasteiger partial charge in [0.05, 0.1) is 10.5 Å². The first-order valence-electron chi connectivity index (χ1n) is 5.13. The number of rotatable bonds is 4. The Hall–Kier alpha value is -3.30. The third-order valence-corrected chi connectivity index (χ3v) is 2.36. The van der Waals surface area contributed by atoms with Crippen molar-refractivity contribution < 1.29 is 19.6 Å². The van der Waals surface area contributed by atoms with Gasteiger partial charge >= 0.3 is 11.7 Å². The highest BCUT2D eigenvalue weighted by molar-refractivity contribution is 5.92. The van der Waals surface area contributed by atoms with Crippen LogP contribution >= 0.6 is 0 Å². The SMILES string of the molecule is NC(=O)c1ccc(-n2cc([N+](=O)[O-])c(C(=O)O)n2)nc1. The third-order valence-electron chi connectivity index (χ3n) is 2.36. The van der Waals surface area contributed by atoms with Crippen molar-refractivity contribution in [3.8, 4) is 5.82 Å². The van der Waals surface area contributed by atoms with E-state index in [1.54, 1.807) is 0 Å². The summed E-state index contributed by atoms with van der Waals surface area (Å²) < 4.78 is 0.937. The summed E-state index contributed by atoms with van der Waals surface area (Å²) in [4.78, 5) is 35.4. The Labute approximate surface area is 110 Å². The molecule has 0 atom stereocenters. The second-order valence-electron chi connectivity index (χ2n) is 3.64. The molecule has 2 aromatic rings. The molecule has 0 aliphatic heterocycles. The Morgan fingerprint density at radius 1 is 1.40 bits per heavy atom.